The molecule has 2 N–H and O–H groups in total. The Bertz CT molecular complexity index is 1180. The molecule has 0 aliphatic carbocycles. The van der Waals surface area contributed by atoms with Crippen molar-refractivity contribution in [1.82, 2.24) is 15.5 Å². The first-order chi connectivity index (χ1) is 16.6. The van der Waals surface area contributed by atoms with E-state index in [-0.39, 0.29) is 17.5 Å². The molecule has 1 fully saturated rings. The SMILES string of the molecule is O=C(NCCCN1CCOCC1)C(=Cc1cccc2ccccc12)NC(=O)c1cccc(Br)c1. The molecule has 1 saturated heterocycles. The Balaban J connectivity index is 1.51. The number of benzene rings is 3. The minimum absolute atomic E-state index is 0.215. The van der Waals surface area contributed by atoms with Crippen LogP contribution in [0.25, 0.3) is 16.8 Å². The maximum atomic E-state index is 13.1. The van der Waals surface area contributed by atoms with Crippen LogP contribution in [0.1, 0.15) is 22.3 Å². The Hall–Kier alpha value is -3.00. The summed E-state index contributed by atoms with van der Waals surface area (Å²) >= 11 is 3.40. The third-order valence-electron chi connectivity index (χ3n) is 5.74. The normalized spacial score (nSPS) is 14.7. The summed E-state index contributed by atoms with van der Waals surface area (Å²) in [6.45, 7) is 4.77. The van der Waals surface area contributed by atoms with Gasteiger partial charge in [0.05, 0.1) is 13.2 Å². The number of carbonyl (C=O) groups is 2. The average Bonchev–Trinajstić information content (AvgIpc) is 2.87. The summed E-state index contributed by atoms with van der Waals surface area (Å²) in [6, 6.07) is 21.0. The Morgan fingerprint density at radius 1 is 1.00 bits per heavy atom. The van der Waals surface area contributed by atoms with Gasteiger partial charge in [-0.2, -0.15) is 0 Å². The Kier molecular flexibility index (Phi) is 8.46. The van der Waals surface area contributed by atoms with Gasteiger partial charge in [0, 0.05) is 29.7 Å². The molecular weight excluding hydrogens is 494 g/mol. The second kappa shape index (κ2) is 11.9. The highest BCUT2D eigenvalue weighted by Crippen LogP contribution is 2.21. The summed E-state index contributed by atoms with van der Waals surface area (Å²) in [4.78, 5) is 28.4. The molecule has 7 heteroatoms. The zero-order valence-corrected chi connectivity index (χ0v) is 20.5. The van der Waals surface area contributed by atoms with Crippen molar-refractivity contribution in [3.05, 3.63) is 88.0 Å². The second-order valence-electron chi connectivity index (χ2n) is 8.15. The molecular formula is C27H28BrN3O3. The summed E-state index contributed by atoms with van der Waals surface area (Å²) in [5, 5.41) is 7.88. The molecule has 176 valence electrons. The van der Waals surface area contributed by atoms with Gasteiger partial charge >= 0.3 is 0 Å². The highest BCUT2D eigenvalue weighted by Gasteiger charge is 2.16. The van der Waals surface area contributed by atoms with Crippen LogP contribution in [0.3, 0.4) is 0 Å². The molecule has 0 aromatic heterocycles. The number of amides is 2. The number of carbonyl (C=O) groups excluding carboxylic acids is 2. The van der Waals surface area contributed by atoms with Gasteiger partial charge in [0.25, 0.3) is 11.8 Å². The van der Waals surface area contributed by atoms with Crippen LogP contribution < -0.4 is 10.6 Å². The second-order valence-corrected chi connectivity index (χ2v) is 9.07. The lowest BCUT2D eigenvalue weighted by atomic mass is 10.0. The van der Waals surface area contributed by atoms with E-state index in [1.54, 1.807) is 24.3 Å². The smallest absolute Gasteiger partial charge is 0.267 e. The predicted molar refractivity (Wildman–Crippen MR) is 138 cm³/mol. The standard InChI is InChI=1S/C27H28BrN3O3/c28-23-10-4-9-22(18-23)26(32)30-25(19-21-8-3-7-20-6-1-2-11-24(20)21)27(33)29-12-5-13-31-14-16-34-17-15-31/h1-4,6-11,18-19H,5,12-17H2,(H,29,33)(H,30,32). The van der Waals surface area contributed by atoms with Crippen LogP contribution in [0, 0.1) is 0 Å². The van der Waals surface area contributed by atoms with Gasteiger partial charge in [0.2, 0.25) is 0 Å². The molecule has 0 atom stereocenters. The highest BCUT2D eigenvalue weighted by atomic mass is 79.9. The van der Waals surface area contributed by atoms with Gasteiger partial charge in [-0.05, 0) is 53.6 Å². The van der Waals surface area contributed by atoms with Crippen molar-refractivity contribution >= 4 is 44.6 Å². The van der Waals surface area contributed by atoms with E-state index < -0.39 is 0 Å². The molecule has 34 heavy (non-hydrogen) atoms. The molecule has 1 heterocycles. The quantitative estimate of drug-likeness (QED) is 0.344. The van der Waals surface area contributed by atoms with E-state index in [0.717, 1.165) is 60.1 Å². The molecule has 0 spiro atoms. The number of ether oxygens (including phenoxy) is 1. The Morgan fingerprint density at radius 2 is 1.76 bits per heavy atom. The summed E-state index contributed by atoms with van der Waals surface area (Å²) in [5.41, 5.74) is 1.55. The van der Waals surface area contributed by atoms with E-state index in [0.29, 0.717) is 12.1 Å². The number of rotatable bonds is 8. The van der Waals surface area contributed by atoms with Crippen LogP contribution in [0.15, 0.2) is 76.9 Å². The van der Waals surface area contributed by atoms with Gasteiger partial charge in [0.15, 0.2) is 0 Å². The number of fused-ring (bicyclic) bond motifs is 1. The zero-order valence-electron chi connectivity index (χ0n) is 18.9. The van der Waals surface area contributed by atoms with Crippen molar-refractivity contribution in [2.24, 2.45) is 0 Å². The van der Waals surface area contributed by atoms with Gasteiger partial charge < -0.3 is 15.4 Å². The van der Waals surface area contributed by atoms with Crippen molar-refractivity contribution in [3.63, 3.8) is 0 Å². The number of nitrogens with one attached hydrogen (secondary N) is 2. The van der Waals surface area contributed by atoms with Gasteiger partial charge in [-0.25, -0.2) is 0 Å². The summed E-state index contributed by atoms with van der Waals surface area (Å²) in [7, 11) is 0. The van der Waals surface area contributed by atoms with Crippen LogP contribution in [-0.4, -0.2) is 56.1 Å². The van der Waals surface area contributed by atoms with Crippen LogP contribution in [0.2, 0.25) is 0 Å². The third kappa shape index (κ3) is 6.53. The van der Waals surface area contributed by atoms with Crippen molar-refractivity contribution in [2.75, 3.05) is 39.4 Å². The van der Waals surface area contributed by atoms with E-state index >= 15 is 0 Å². The molecule has 3 aromatic carbocycles. The fourth-order valence-electron chi connectivity index (χ4n) is 3.94. The number of nitrogens with zero attached hydrogens (tertiary/aromatic N) is 1. The van der Waals surface area contributed by atoms with E-state index in [1.165, 1.54) is 0 Å². The van der Waals surface area contributed by atoms with Crippen molar-refractivity contribution in [2.45, 2.75) is 6.42 Å². The van der Waals surface area contributed by atoms with Crippen LogP contribution >= 0.6 is 15.9 Å². The molecule has 1 aliphatic rings. The maximum absolute atomic E-state index is 13.1. The van der Waals surface area contributed by atoms with E-state index in [4.69, 9.17) is 4.74 Å². The number of halogens is 1. The lowest BCUT2D eigenvalue weighted by molar-refractivity contribution is -0.117. The predicted octanol–water partition coefficient (Wildman–Crippen LogP) is 4.21. The largest absolute Gasteiger partial charge is 0.379 e. The van der Waals surface area contributed by atoms with Crippen LogP contribution in [-0.2, 0) is 9.53 Å². The maximum Gasteiger partial charge on any atom is 0.267 e. The van der Waals surface area contributed by atoms with E-state index in [2.05, 4.69) is 31.5 Å². The number of hydrogen-bond acceptors (Lipinski definition) is 4. The minimum atomic E-state index is -0.337. The molecule has 3 aromatic rings. The molecule has 0 bridgehead atoms. The van der Waals surface area contributed by atoms with Gasteiger partial charge in [0.1, 0.15) is 5.70 Å². The van der Waals surface area contributed by atoms with E-state index in [1.807, 2.05) is 48.5 Å². The molecule has 6 nitrogen and oxygen atoms in total. The number of morpholine rings is 1. The fraction of sp³-hybridized carbons (Fsp3) is 0.259. The fourth-order valence-corrected chi connectivity index (χ4v) is 4.34. The molecule has 0 saturated carbocycles. The van der Waals surface area contributed by atoms with E-state index in [9.17, 15) is 9.59 Å². The number of hydrogen-bond donors (Lipinski definition) is 2. The first-order valence-electron chi connectivity index (χ1n) is 11.4. The first-order valence-corrected chi connectivity index (χ1v) is 12.2. The zero-order chi connectivity index (χ0) is 23.8. The van der Waals surface area contributed by atoms with Crippen molar-refractivity contribution in [1.29, 1.82) is 0 Å². The molecule has 1 aliphatic heterocycles. The minimum Gasteiger partial charge on any atom is -0.379 e. The van der Waals surface area contributed by atoms with Crippen molar-refractivity contribution in [3.8, 4) is 0 Å². The first kappa shape index (κ1) is 24.1. The lowest BCUT2D eigenvalue weighted by Crippen LogP contribution is -2.39. The summed E-state index contributed by atoms with van der Waals surface area (Å²) in [5.74, 6) is -0.644. The van der Waals surface area contributed by atoms with Gasteiger partial charge in [-0.15, -0.1) is 0 Å². The van der Waals surface area contributed by atoms with Gasteiger partial charge in [-0.1, -0.05) is 64.5 Å². The topological polar surface area (TPSA) is 70.7 Å². The molecule has 0 radical (unpaired) electrons. The molecule has 4 rings (SSSR count). The summed E-state index contributed by atoms with van der Waals surface area (Å²) in [6.07, 6.45) is 2.57. The Morgan fingerprint density at radius 3 is 2.59 bits per heavy atom. The lowest BCUT2D eigenvalue weighted by Gasteiger charge is -2.26. The highest BCUT2D eigenvalue weighted by molar-refractivity contribution is 9.10. The summed E-state index contributed by atoms with van der Waals surface area (Å²) < 4.78 is 6.18. The average molecular weight is 522 g/mol. The van der Waals surface area contributed by atoms with Crippen LogP contribution in [0.4, 0.5) is 0 Å². The van der Waals surface area contributed by atoms with Gasteiger partial charge in [-0.3, -0.25) is 14.5 Å². The molecule has 2 amide bonds. The third-order valence-corrected chi connectivity index (χ3v) is 6.24. The molecule has 0 unspecified atom stereocenters. The van der Waals surface area contributed by atoms with Crippen LogP contribution in [0.5, 0.6) is 0 Å². The monoisotopic (exact) mass is 521 g/mol. The Labute approximate surface area is 208 Å². The van der Waals surface area contributed by atoms with Crippen molar-refractivity contribution < 1.29 is 14.3 Å².